The number of rotatable bonds is 4. The van der Waals surface area contributed by atoms with E-state index in [1.807, 2.05) is 0 Å². The molecular weight excluding hydrogens is 523 g/mol. The van der Waals surface area contributed by atoms with Crippen LogP contribution in [0.3, 0.4) is 0 Å². The molecule has 1 fully saturated rings. The largest absolute Gasteiger partial charge is 0.495 e. The molecule has 0 radical (unpaired) electrons. The van der Waals surface area contributed by atoms with Crippen LogP contribution in [0.2, 0.25) is 0 Å². The molecule has 0 N–H and O–H groups in total. The van der Waals surface area contributed by atoms with Gasteiger partial charge in [0.2, 0.25) is 0 Å². The summed E-state index contributed by atoms with van der Waals surface area (Å²) < 4.78 is 13.0. The van der Waals surface area contributed by atoms with Gasteiger partial charge in [0.25, 0.3) is 0 Å². The molecule has 43 heavy (non-hydrogen) atoms. The average Bonchev–Trinajstić information content (AvgIpc) is 3.24. The summed E-state index contributed by atoms with van der Waals surface area (Å²) in [5, 5.41) is 0. The lowest BCUT2D eigenvalue weighted by Crippen LogP contribution is -2.41. The first-order valence-electron chi connectivity index (χ1n) is 15.1. The van der Waals surface area contributed by atoms with Crippen LogP contribution >= 0.6 is 0 Å². The molecule has 1 saturated heterocycles. The Morgan fingerprint density at radius 3 is 1.67 bits per heavy atom. The topological polar surface area (TPSA) is 18.5 Å². The van der Waals surface area contributed by atoms with Crippen LogP contribution in [-0.4, -0.2) is 18.3 Å². The summed E-state index contributed by atoms with van der Waals surface area (Å²) in [5.41, 5.74) is 12.0. The predicted octanol–water partition coefficient (Wildman–Crippen LogP) is 9.78. The Balaban J connectivity index is 1.47. The average molecular weight is 563 g/mol. The molecule has 0 bridgehead atoms. The molecule has 6 rings (SSSR count). The summed E-state index contributed by atoms with van der Waals surface area (Å²) >= 11 is 0. The van der Waals surface area contributed by atoms with Gasteiger partial charge in [-0.3, -0.25) is 0 Å². The van der Waals surface area contributed by atoms with E-state index in [1.165, 1.54) is 39.0 Å². The Morgan fingerprint density at radius 2 is 1.05 bits per heavy atom. The van der Waals surface area contributed by atoms with Gasteiger partial charge in [0.1, 0.15) is 0 Å². The lowest BCUT2D eigenvalue weighted by molar-refractivity contribution is 0.00578. The highest BCUT2D eigenvalue weighted by Gasteiger charge is 2.52. The maximum atomic E-state index is 6.52. The summed E-state index contributed by atoms with van der Waals surface area (Å²) in [6.45, 7) is 15.0. The quantitative estimate of drug-likeness (QED) is 0.231. The van der Waals surface area contributed by atoms with Crippen LogP contribution in [0.15, 0.2) is 128 Å². The van der Waals surface area contributed by atoms with Crippen molar-refractivity contribution in [3.8, 4) is 22.3 Å². The van der Waals surface area contributed by atoms with Crippen molar-refractivity contribution in [2.45, 2.75) is 52.2 Å². The van der Waals surface area contributed by atoms with Gasteiger partial charge in [0.15, 0.2) is 0 Å². The Morgan fingerprint density at radius 1 is 0.581 bits per heavy atom. The van der Waals surface area contributed by atoms with Gasteiger partial charge in [0.05, 0.1) is 11.2 Å². The van der Waals surface area contributed by atoms with Crippen LogP contribution in [-0.2, 0) is 9.31 Å². The van der Waals surface area contributed by atoms with Crippen molar-refractivity contribution in [3.63, 3.8) is 0 Å². The normalized spacial score (nSPS) is 20.9. The van der Waals surface area contributed by atoms with Crippen LogP contribution in [0, 0.1) is 0 Å². The van der Waals surface area contributed by atoms with E-state index in [4.69, 9.17) is 9.31 Å². The van der Waals surface area contributed by atoms with E-state index in [9.17, 15) is 0 Å². The van der Waals surface area contributed by atoms with Gasteiger partial charge in [-0.25, -0.2) is 0 Å². The smallest absolute Gasteiger partial charge is 0.399 e. The SMILES string of the molecule is C=C1/C=C\C/C(c2ccccc2-c2ccccc2-c2ccccc2B2OC(C)(C)C(C)(C)O2)=C\C=C(/C)c2ccccc21. The molecule has 1 aliphatic carbocycles. The monoisotopic (exact) mass is 562 g/mol. The van der Waals surface area contributed by atoms with Crippen molar-refractivity contribution < 1.29 is 9.31 Å². The zero-order chi connectivity index (χ0) is 30.2. The Hall–Kier alpha value is -4.18. The van der Waals surface area contributed by atoms with Gasteiger partial charge >= 0.3 is 7.12 Å². The van der Waals surface area contributed by atoms with E-state index >= 15 is 0 Å². The first-order chi connectivity index (χ1) is 20.7. The second-order valence-corrected chi connectivity index (χ2v) is 12.5. The van der Waals surface area contributed by atoms with Crippen molar-refractivity contribution in [2.24, 2.45) is 0 Å². The number of hydrogen-bond acceptors (Lipinski definition) is 2. The van der Waals surface area contributed by atoms with Gasteiger partial charge in [-0.05, 0) is 102 Å². The molecule has 1 aliphatic heterocycles. The fourth-order valence-electron chi connectivity index (χ4n) is 5.98. The number of hydrogen-bond donors (Lipinski definition) is 0. The molecule has 0 atom stereocenters. The fraction of sp³-hybridized carbons (Fsp3) is 0.200. The molecule has 3 heteroatoms. The third kappa shape index (κ3) is 5.51. The van der Waals surface area contributed by atoms with Crippen molar-refractivity contribution in [2.75, 3.05) is 0 Å². The van der Waals surface area contributed by atoms with Gasteiger partial charge in [-0.2, -0.15) is 0 Å². The van der Waals surface area contributed by atoms with Crippen LogP contribution in [0.1, 0.15) is 57.7 Å². The molecule has 4 aromatic carbocycles. The second-order valence-electron chi connectivity index (χ2n) is 12.5. The molecule has 214 valence electrons. The molecule has 2 nitrogen and oxygen atoms in total. The standard InChI is InChI=1S/C40H39BO2/c1-28-16-15-17-30(27-26-29(2)32-19-8-7-18-31(28)32)33-20-9-10-21-34(33)35-22-11-12-23-36(35)37-24-13-14-25-38(37)41-42-39(3,4)40(5,6)43-41/h7-16,18-27H,1,17H2,2-6H3/b16-15-,29-26+,30-27+. The van der Waals surface area contributed by atoms with Crippen LogP contribution in [0.25, 0.3) is 39.0 Å². The van der Waals surface area contributed by atoms with Gasteiger partial charge in [-0.1, -0.05) is 128 Å². The van der Waals surface area contributed by atoms with Crippen LogP contribution in [0.4, 0.5) is 0 Å². The fourth-order valence-corrected chi connectivity index (χ4v) is 5.98. The lowest BCUT2D eigenvalue weighted by atomic mass is 9.73. The molecule has 0 spiro atoms. The summed E-state index contributed by atoms with van der Waals surface area (Å²) in [6, 6.07) is 34.4. The van der Waals surface area contributed by atoms with Crippen molar-refractivity contribution in [3.05, 3.63) is 145 Å². The Bertz CT molecular complexity index is 1770. The van der Waals surface area contributed by atoms with Gasteiger partial charge in [-0.15, -0.1) is 0 Å². The molecule has 0 amide bonds. The lowest BCUT2D eigenvalue weighted by Gasteiger charge is -2.32. The molecule has 4 aromatic rings. The van der Waals surface area contributed by atoms with Crippen LogP contribution in [0.5, 0.6) is 0 Å². The maximum Gasteiger partial charge on any atom is 0.495 e. The zero-order valence-electron chi connectivity index (χ0n) is 25.9. The van der Waals surface area contributed by atoms with E-state index in [1.54, 1.807) is 0 Å². The van der Waals surface area contributed by atoms with Crippen molar-refractivity contribution >= 4 is 29.3 Å². The van der Waals surface area contributed by atoms with E-state index in [2.05, 4.69) is 163 Å². The van der Waals surface area contributed by atoms with E-state index in [-0.39, 0.29) is 0 Å². The summed E-state index contributed by atoms with van der Waals surface area (Å²) in [6.07, 6.45) is 9.72. The predicted molar refractivity (Wildman–Crippen MR) is 184 cm³/mol. The summed E-state index contributed by atoms with van der Waals surface area (Å²) in [5.74, 6) is 0. The van der Waals surface area contributed by atoms with E-state index in [0.29, 0.717) is 0 Å². The number of allylic oxidation sites excluding steroid dienone is 7. The second kappa shape index (κ2) is 11.5. The minimum atomic E-state index is -0.445. The van der Waals surface area contributed by atoms with Gasteiger partial charge in [0, 0.05) is 0 Å². The van der Waals surface area contributed by atoms with Crippen LogP contribution < -0.4 is 5.46 Å². The Kier molecular flexibility index (Phi) is 7.73. The van der Waals surface area contributed by atoms with E-state index < -0.39 is 18.3 Å². The third-order valence-corrected chi connectivity index (χ3v) is 9.14. The molecule has 0 saturated carbocycles. The summed E-state index contributed by atoms with van der Waals surface area (Å²) in [4.78, 5) is 0. The molecule has 1 heterocycles. The van der Waals surface area contributed by atoms with E-state index in [0.717, 1.165) is 28.6 Å². The molecular formula is C40H39BO2. The zero-order valence-corrected chi connectivity index (χ0v) is 25.9. The Labute approximate surface area is 257 Å². The van der Waals surface area contributed by atoms with Crippen molar-refractivity contribution in [1.29, 1.82) is 0 Å². The maximum absolute atomic E-state index is 6.52. The first-order valence-corrected chi connectivity index (χ1v) is 15.1. The number of benzene rings is 4. The third-order valence-electron chi connectivity index (χ3n) is 9.14. The van der Waals surface area contributed by atoms with Crippen molar-refractivity contribution in [1.82, 2.24) is 0 Å². The molecule has 2 aliphatic rings. The summed E-state index contributed by atoms with van der Waals surface area (Å²) in [7, 11) is -0.445. The first kappa shape index (κ1) is 28.9. The molecule has 0 aromatic heterocycles. The minimum Gasteiger partial charge on any atom is -0.399 e. The highest BCUT2D eigenvalue weighted by Crippen LogP contribution is 2.40. The highest BCUT2D eigenvalue weighted by molar-refractivity contribution is 6.64. The highest BCUT2D eigenvalue weighted by atomic mass is 16.7. The van der Waals surface area contributed by atoms with Gasteiger partial charge < -0.3 is 9.31 Å². The molecule has 0 unspecified atom stereocenters. The minimum absolute atomic E-state index is 0.413. The number of fused-ring (bicyclic) bond motifs is 1.